The molecule has 106 valence electrons. The van der Waals surface area contributed by atoms with E-state index in [4.69, 9.17) is 4.74 Å². The SMILES string of the molecule is CCc1ccc(OC)c([C@@H](CCO)c2ccccc2)c1. The number of aryl methyl sites for hydroxylation is 1. The maximum absolute atomic E-state index is 9.41. The summed E-state index contributed by atoms with van der Waals surface area (Å²) in [6.07, 6.45) is 1.70. The summed E-state index contributed by atoms with van der Waals surface area (Å²) in [5.41, 5.74) is 3.67. The second-order valence-electron chi connectivity index (χ2n) is 4.91. The van der Waals surface area contributed by atoms with Gasteiger partial charge in [0.15, 0.2) is 0 Å². The van der Waals surface area contributed by atoms with Crippen LogP contribution >= 0.6 is 0 Å². The molecule has 0 aliphatic heterocycles. The maximum atomic E-state index is 9.41. The lowest BCUT2D eigenvalue weighted by Crippen LogP contribution is -2.06. The first kappa shape index (κ1) is 14.6. The lowest BCUT2D eigenvalue weighted by atomic mass is 9.87. The zero-order chi connectivity index (χ0) is 14.4. The molecule has 0 amide bonds. The zero-order valence-electron chi connectivity index (χ0n) is 12.2. The topological polar surface area (TPSA) is 29.5 Å². The van der Waals surface area contributed by atoms with E-state index in [0.717, 1.165) is 17.7 Å². The number of hydrogen-bond donors (Lipinski definition) is 1. The minimum Gasteiger partial charge on any atom is -0.496 e. The second-order valence-corrected chi connectivity index (χ2v) is 4.91. The Bertz CT molecular complexity index is 534. The van der Waals surface area contributed by atoms with Gasteiger partial charge in [-0.2, -0.15) is 0 Å². The van der Waals surface area contributed by atoms with Gasteiger partial charge in [0.05, 0.1) is 7.11 Å². The van der Waals surface area contributed by atoms with Gasteiger partial charge in [-0.3, -0.25) is 0 Å². The van der Waals surface area contributed by atoms with E-state index in [1.165, 1.54) is 11.1 Å². The molecule has 2 rings (SSSR count). The molecule has 20 heavy (non-hydrogen) atoms. The summed E-state index contributed by atoms with van der Waals surface area (Å²) in [5, 5.41) is 9.41. The third-order valence-corrected chi connectivity index (χ3v) is 3.70. The first-order chi connectivity index (χ1) is 9.80. The first-order valence-electron chi connectivity index (χ1n) is 7.12. The van der Waals surface area contributed by atoms with E-state index < -0.39 is 0 Å². The molecule has 1 N–H and O–H groups in total. The van der Waals surface area contributed by atoms with Crippen molar-refractivity contribution in [1.29, 1.82) is 0 Å². The van der Waals surface area contributed by atoms with Gasteiger partial charge < -0.3 is 9.84 Å². The summed E-state index contributed by atoms with van der Waals surface area (Å²) in [6.45, 7) is 2.31. The largest absolute Gasteiger partial charge is 0.496 e. The summed E-state index contributed by atoms with van der Waals surface area (Å²) in [4.78, 5) is 0. The predicted octanol–water partition coefficient (Wildman–Crippen LogP) is 3.77. The highest BCUT2D eigenvalue weighted by Gasteiger charge is 2.18. The Morgan fingerprint density at radius 1 is 1.10 bits per heavy atom. The van der Waals surface area contributed by atoms with Crippen molar-refractivity contribution in [3.63, 3.8) is 0 Å². The molecule has 2 aromatic carbocycles. The predicted molar refractivity (Wildman–Crippen MR) is 82.4 cm³/mol. The van der Waals surface area contributed by atoms with Gasteiger partial charge in [0.1, 0.15) is 5.75 Å². The van der Waals surface area contributed by atoms with Crippen LogP contribution in [-0.4, -0.2) is 18.8 Å². The molecule has 1 atom stereocenters. The quantitative estimate of drug-likeness (QED) is 0.865. The summed E-state index contributed by atoms with van der Waals surface area (Å²) < 4.78 is 5.51. The third kappa shape index (κ3) is 3.20. The average molecular weight is 270 g/mol. The van der Waals surface area contributed by atoms with E-state index in [9.17, 15) is 5.11 Å². The fraction of sp³-hybridized carbons (Fsp3) is 0.333. The number of aliphatic hydroxyl groups excluding tert-OH is 1. The van der Waals surface area contributed by atoms with Gasteiger partial charge in [-0.1, -0.05) is 49.4 Å². The van der Waals surface area contributed by atoms with Crippen molar-refractivity contribution >= 4 is 0 Å². The number of hydrogen-bond acceptors (Lipinski definition) is 2. The molecular weight excluding hydrogens is 248 g/mol. The molecule has 2 nitrogen and oxygen atoms in total. The molecule has 0 spiro atoms. The maximum Gasteiger partial charge on any atom is 0.122 e. The van der Waals surface area contributed by atoms with Crippen molar-refractivity contribution in [2.75, 3.05) is 13.7 Å². The molecule has 0 aromatic heterocycles. The Labute approximate surface area is 121 Å². The number of ether oxygens (including phenoxy) is 1. The molecule has 0 heterocycles. The average Bonchev–Trinajstić information content (AvgIpc) is 2.53. The minimum absolute atomic E-state index is 0.166. The molecular formula is C18H22O2. The van der Waals surface area contributed by atoms with E-state index in [-0.39, 0.29) is 12.5 Å². The minimum atomic E-state index is 0.166. The van der Waals surface area contributed by atoms with E-state index >= 15 is 0 Å². The van der Waals surface area contributed by atoms with Crippen LogP contribution in [0.5, 0.6) is 5.75 Å². The van der Waals surface area contributed by atoms with Crippen molar-refractivity contribution in [2.45, 2.75) is 25.7 Å². The van der Waals surface area contributed by atoms with E-state index in [1.807, 2.05) is 24.3 Å². The molecule has 2 aromatic rings. The molecule has 0 aliphatic carbocycles. The second kappa shape index (κ2) is 7.11. The van der Waals surface area contributed by atoms with Crippen LogP contribution in [0.4, 0.5) is 0 Å². The van der Waals surface area contributed by atoms with Crippen molar-refractivity contribution in [2.24, 2.45) is 0 Å². The summed E-state index contributed by atoms with van der Waals surface area (Å²) >= 11 is 0. The molecule has 0 unspecified atom stereocenters. The molecule has 0 radical (unpaired) electrons. The van der Waals surface area contributed by atoms with Gasteiger partial charge in [0.2, 0.25) is 0 Å². The van der Waals surface area contributed by atoms with Gasteiger partial charge in [-0.15, -0.1) is 0 Å². The number of benzene rings is 2. The molecule has 0 aliphatic rings. The van der Waals surface area contributed by atoms with Crippen LogP contribution in [0.25, 0.3) is 0 Å². The Morgan fingerprint density at radius 2 is 1.85 bits per heavy atom. The van der Waals surface area contributed by atoms with Crippen LogP contribution in [0.1, 0.15) is 36.0 Å². The number of aliphatic hydroxyl groups is 1. The normalized spacial score (nSPS) is 12.2. The Balaban J connectivity index is 2.48. The Hall–Kier alpha value is -1.80. The summed E-state index contributed by atoms with van der Waals surface area (Å²) in [6, 6.07) is 16.6. The lowest BCUT2D eigenvalue weighted by molar-refractivity contribution is 0.280. The third-order valence-electron chi connectivity index (χ3n) is 3.70. The smallest absolute Gasteiger partial charge is 0.122 e. The fourth-order valence-electron chi connectivity index (χ4n) is 2.59. The Kier molecular flexibility index (Phi) is 5.19. The molecule has 2 heteroatoms. The van der Waals surface area contributed by atoms with E-state index in [2.05, 4.69) is 31.2 Å². The zero-order valence-corrected chi connectivity index (χ0v) is 12.2. The van der Waals surface area contributed by atoms with Crippen LogP contribution in [-0.2, 0) is 6.42 Å². The Morgan fingerprint density at radius 3 is 2.45 bits per heavy atom. The van der Waals surface area contributed by atoms with Gasteiger partial charge in [0.25, 0.3) is 0 Å². The molecule has 0 fully saturated rings. The van der Waals surface area contributed by atoms with Gasteiger partial charge >= 0.3 is 0 Å². The van der Waals surface area contributed by atoms with Crippen molar-refractivity contribution in [3.05, 3.63) is 65.2 Å². The monoisotopic (exact) mass is 270 g/mol. The molecule has 0 saturated carbocycles. The van der Waals surface area contributed by atoms with Crippen LogP contribution in [0.15, 0.2) is 48.5 Å². The highest BCUT2D eigenvalue weighted by atomic mass is 16.5. The molecule has 0 saturated heterocycles. The van der Waals surface area contributed by atoms with Crippen LogP contribution in [0.3, 0.4) is 0 Å². The number of rotatable bonds is 6. The van der Waals surface area contributed by atoms with Gasteiger partial charge in [-0.05, 0) is 30.0 Å². The summed E-state index contributed by atoms with van der Waals surface area (Å²) in [5.74, 6) is 1.06. The first-order valence-corrected chi connectivity index (χ1v) is 7.12. The van der Waals surface area contributed by atoms with Crippen LogP contribution in [0.2, 0.25) is 0 Å². The highest BCUT2D eigenvalue weighted by molar-refractivity contribution is 5.44. The summed E-state index contributed by atoms with van der Waals surface area (Å²) in [7, 11) is 1.70. The standard InChI is InChI=1S/C18H22O2/c1-3-14-9-10-18(20-2)17(13-14)16(11-12-19)15-7-5-4-6-8-15/h4-10,13,16,19H,3,11-12H2,1-2H3/t16-/m0/s1. The van der Waals surface area contributed by atoms with Gasteiger partial charge in [-0.25, -0.2) is 0 Å². The van der Waals surface area contributed by atoms with Crippen LogP contribution in [0, 0.1) is 0 Å². The number of methoxy groups -OCH3 is 1. The lowest BCUT2D eigenvalue weighted by Gasteiger charge is -2.20. The van der Waals surface area contributed by atoms with Crippen LogP contribution < -0.4 is 4.74 Å². The van der Waals surface area contributed by atoms with Crippen molar-refractivity contribution in [1.82, 2.24) is 0 Å². The fourth-order valence-corrected chi connectivity index (χ4v) is 2.59. The van der Waals surface area contributed by atoms with E-state index in [0.29, 0.717) is 6.42 Å². The van der Waals surface area contributed by atoms with Gasteiger partial charge in [0, 0.05) is 18.1 Å². The molecule has 0 bridgehead atoms. The van der Waals surface area contributed by atoms with Crippen molar-refractivity contribution in [3.8, 4) is 5.75 Å². The van der Waals surface area contributed by atoms with E-state index in [1.54, 1.807) is 7.11 Å². The highest BCUT2D eigenvalue weighted by Crippen LogP contribution is 2.35. The van der Waals surface area contributed by atoms with Crippen molar-refractivity contribution < 1.29 is 9.84 Å².